The van der Waals surface area contributed by atoms with Crippen LogP contribution in [0.2, 0.25) is 0 Å². The first-order valence-corrected chi connectivity index (χ1v) is 5.17. The van der Waals surface area contributed by atoms with Crippen LogP contribution >= 0.6 is 0 Å². The fourth-order valence-corrected chi connectivity index (χ4v) is 1.45. The number of nitrogens with one attached hydrogen (secondary N) is 1. The summed E-state index contributed by atoms with van der Waals surface area (Å²) in [7, 11) is 0. The molecule has 0 amide bonds. The predicted octanol–water partition coefficient (Wildman–Crippen LogP) is 1.45. The lowest BCUT2D eigenvalue weighted by Gasteiger charge is -2.05. The fourth-order valence-electron chi connectivity index (χ4n) is 1.45. The van der Waals surface area contributed by atoms with E-state index in [0.717, 1.165) is 5.56 Å². The molecule has 0 heterocycles. The maximum atomic E-state index is 10.7. The summed E-state index contributed by atoms with van der Waals surface area (Å²) in [5.41, 5.74) is 1.30. The lowest BCUT2D eigenvalue weighted by atomic mass is 10.2. The molecule has 2 rings (SSSR count). The lowest BCUT2D eigenvalue weighted by Crippen LogP contribution is -2.55. The van der Waals surface area contributed by atoms with Crippen LogP contribution in [0.25, 0.3) is 0 Å². The Balaban J connectivity index is 2.13. The van der Waals surface area contributed by atoms with Crippen LogP contribution in [0, 0.1) is 4.91 Å². The van der Waals surface area contributed by atoms with E-state index in [2.05, 4.69) is 0 Å². The molecule has 0 saturated heterocycles. The Kier molecular flexibility index (Phi) is 3.35. The monoisotopic (exact) mass is 230 g/mol. The van der Waals surface area contributed by atoms with E-state index in [9.17, 15) is 10.0 Å². The number of ether oxygens (including phenoxy) is 1. The van der Waals surface area contributed by atoms with Crippen molar-refractivity contribution >= 4 is 5.69 Å². The lowest BCUT2D eigenvalue weighted by molar-refractivity contribution is -0.380. The van der Waals surface area contributed by atoms with Crippen LogP contribution in [0.3, 0.4) is 0 Å². The first-order valence-electron chi connectivity index (χ1n) is 5.17. The third-order valence-electron chi connectivity index (χ3n) is 2.31. The van der Waals surface area contributed by atoms with Crippen molar-refractivity contribution in [2.45, 2.75) is 6.61 Å². The summed E-state index contributed by atoms with van der Waals surface area (Å²) in [5.74, 6) is 0.399. The van der Waals surface area contributed by atoms with Gasteiger partial charge < -0.3 is 9.84 Å². The molecule has 0 atom stereocenters. The van der Waals surface area contributed by atoms with Crippen molar-refractivity contribution in [1.29, 1.82) is 0 Å². The molecular weight excluding hydrogens is 218 g/mol. The molecule has 0 radical (unpaired) electrons. The van der Waals surface area contributed by atoms with Crippen LogP contribution in [0.5, 0.6) is 11.5 Å². The Morgan fingerprint density at radius 1 is 1.12 bits per heavy atom. The second kappa shape index (κ2) is 5.12. The maximum Gasteiger partial charge on any atom is 0.295 e. The van der Waals surface area contributed by atoms with Gasteiger partial charge >= 0.3 is 0 Å². The summed E-state index contributed by atoms with van der Waals surface area (Å²) in [4.78, 5) is 10.7. The van der Waals surface area contributed by atoms with Gasteiger partial charge in [0.15, 0.2) is 5.75 Å². The average Bonchev–Trinajstić information content (AvgIpc) is 2.38. The first kappa shape index (κ1) is 11.1. The van der Waals surface area contributed by atoms with E-state index in [1.54, 1.807) is 5.18 Å². The van der Waals surface area contributed by atoms with E-state index in [1.807, 2.05) is 30.3 Å². The second-order valence-corrected chi connectivity index (χ2v) is 3.56. The second-order valence-electron chi connectivity index (χ2n) is 3.56. The molecule has 0 fully saturated rings. The zero-order valence-electron chi connectivity index (χ0n) is 9.09. The van der Waals surface area contributed by atoms with Gasteiger partial charge in [-0.2, -0.15) is 0 Å². The van der Waals surface area contributed by atoms with E-state index in [0.29, 0.717) is 18.0 Å². The molecule has 4 heteroatoms. The normalized spacial score (nSPS) is 9.88. The predicted molar refractivity (Wildman–Crippen MR) is 62.9 cm³/mol. The molecule has 0 spiro atoms. The van der Waals surface area contributed by atoms with Gasteiger partial charge in [0.25, 0.3) is 5.69 Å². The van der Waals surface area contributed by atoms with Gasteiger partial charge in [-0.05, 0) is 11.6 Å². The third-order valence-corrected chi connectivity index (χ3v) is 2.31. The summed E-state index contributed by atoms with van der Waals surface area (Å²) in [6.07, 6.45) is 0. The van der Waals surface area contributed by atoms with Crippen molar-refractivity contribution in [3.63, 3.8) is 0 Å². The molecular formula is C13H12NO3+. The number of nitroso groups, excluding NO2 is 1. The van der Waals surface area contributed by atoms with Crippen LogP contribution in [-0.4, -0.2) is 5.11 Å². The van der Waals surface area contributed by atoms with Crippen molar-refractivity contribution in [2.75, 3.05) is 0 Å². The van der Waals surface area contributed by atoms with Crippen LogP contribution in [0.1, 0.15) is 5.56 Å². The Bertz CT molecular complexity index is 511. The molecule has 0 aromatic heterocycles. The standard InChI is InChI=1S/C13H11NO3/c15-11-6-7-12(14-16)13(8-11)17-9-10-4-2-1-3-5-10/h1-8,15H,9H2/p+1. The van der Waals surface area contributed by atoms with Crippen LogP contribution in [0.15, 0.2) is 48.5 Å². The number of aromatic hydroxyl groups is 1. The van der Waals surface area contributed by atoms with Gasteiger partial charge in [0.05, 0.1) is 0 Å². The molecule has 4 nitrogen and oxygen atoms in total. The first-order chi connectivity index (χ1) is 8.29. The summed E-state index contributed by atoms with van der Waals surface area (Å²) in [5, 5.41) is 11.1. The Morgan fingerprint density at radius 2 is 1.88 bits per heavy atom. The van der Waals surface area contributed by atoms with E-state index in [-0.39, 0.29) is 5.75 Å². The van der Waals surface area contributed by atoms with Crippen molar-refractivity contribution < 1.29 is 15.0 Å². The quantitative estimate of drug-likeness (QED) is 0.781. The zero-order valence-corrected chi connectivity index (χ0v) is 9.09. The molecule has 0 saturated carbocycles. The highest BCUT2D eigenvalue weighted by molar-refractivity contribution is 5.49. The molecule has 2 N–H and O–H groups in total. The average molecular weight is 230 g/mol. The number of phenols is 1. The summed E-state index contributed by atoms with van der Waals surface area (Å²) >= 11 is 0. The van der Waals surface area contributed by atoms with Gasteiger partial charge in [0.1, 0.15) is 12.4 Å². The van der Waals surface area contributed by atoms with Gasteiger partial charge in [-0.1, -0.05) is 30.3 Å². The molecule has 17 heavy (non-hydrogen) atoms. The summed E-state index contributed by atoms with van der Waals surface area (Å²) < 4.78 is 5.47. The molecule has 86 valence electrons. The highest BCUT2D eigenvalue weighted by Crippen LogP contribution is 2.25. The highest BCUT2D eigenvalue weighted by Gasteiger charge is 2.10. The van der Waals surface area contributed by atoms with E-state index in [4.69, 9.17) is 4.74 Å². The smallest absolute Gasteiger partial charge is 0.295 e. The van der Waals surface area contributed by atoms with E-state index in [1.165, 1.54) is 18.2 Å². The van der Waals surface area contributed by atoms with Gasteiger partial charge in [0, 0.05) is 22.2 Å². The van der Waals surface area contributed by atoms with Crippen LogP contribution in [0.4, 0.5) is 5.69 Å². The molecule has 0 aliphatic rings. The summed E-state index contributed by atoms with van der Waals surface area (Å²) in [6, 6.07) is 13.9. The van der Waals surface area contributed by atoms with Crippen molar-refractivity contribution in [3.05, 3.63) is 59.0 Å². The number of phenolic OH excluding ortho intramolecular Hbond substituents is 1. The van der Waals surface area contributed by atoms with Crippen LogP contribution < -0.4 is 9.91 Å². The van der Waals surface area contributed by atoms with Gasteiger partial charge in [-0.3, -0.25) is 0 Å². The van der Waals surface area contributed by atoms with Crippen LogP contribution in [-0.2, 0) is 6.61 Å². The molecule has 0 aliphatic heterocycles. The van der Waals surface area contributed by atoms with Gasteiger partial charge in [0.2, 0.25) is 0 Å². The largest absolute Gasteiger partial charge is 0.508 e. The maximum absolute atomic E-state index is 10.7. The number of benzene rings is 2. The minimum atomic E-state index is 0.0621. The van der Waals surface area contributed by atoms with Crippen molar-refractivity contribution in [3.8, 4) is 11.5 Å². The number of hydrogen-bond donors (Lipinski definition) is 2. The molecule has 0 unspecified atom stereocenters. The molecule has 0 aliphatic carbocycles. The minimum Gasteiger partial charge on any atom is -0.508 e. The highest BCUT2D eigenvalue weighted by atomic mass is 16.5. The van der Waals surface area contributed by atoms with Gasteiger partial charge in [-0.15, -0.1) is 0 Å². The Hall–Kier alpha value is -2.36. The van der Waals surface area contributed by atoms with E-state index < -0.39 is 0 Å². The van der Waals surface area contributed by atoms with Crippen molar-refractivity contribution in [2.24, 2.45) is 0 Å². The minimum absolute atomic E-state index is 0.0621. The SMILES string of the molecule is O=[NH+]c1ccc(O)cc1OCc1ccccc1. The number of hydrogen-bond acceptors (Lipinski definition) is 3. The Morgan fingerprint density at radius 3 is 2.59 bits per heavy atom. The molecule has 0 bridgehead atoms. The molecule has 2 aromatic rings. The van der Waals surface area contributed by atoms with Gasteiger partial charge in [-0.25, -0.2) is 0 Å². The Labute approximate surface area is 98.5 Å². The number of rotatable bonds is 4. The topological polar surface area (TPSA) is 60.5 Å². The zero-order chi connectivity index (χ0) is 12.1. The van der Waals surface area contributed by atoms with Crippen molar-refractivity contribution in [1.82, 2.24) is 0 Å². The third kappa shape index (κ3) is 2.81. The summed E-state index contributed by atoms with van der Waals surface area (Å²) in [6.45, 7) is 0.346. The fraction of sp³-hybridized carbons (Fsp3) is 0.0769. The van der Waals surface area contributed by atoms with E-state index >= 15 is 0 Å². The molecule has 2 aromatic carbocycles.